The molecule has 2 atom stereocenters. The number of carbonyl (C=O) groups is 1. The van der Waals surface area contributed by atoms with Crippen molar-refractivity contribution in [2.24, 2.45) is 11.8 Å². The maximum Gasteiger partial charge on any atom is 0.159 e. The maximum absolute atomic E-state index is 11.4. The predicted octanol–water partition coefficient (Wildman–Crippen LogP) is 2.49. The first-order valence-corrected chi connectivity index (χ1v) is 4.58. The molecule has 0 saturated heterocycles. The Morgan fingerprint density at radius 2 is 2.08 bits per heavy atom. The van der Waals surface area contributed by atoms with Crippen molar-refractivity contribution < 1.29 is 4.79 Å². The van der Waals surface area contributed by atoms with Gasteiger partial charge in [-0.15, -0.1) is 0 Å². The number of rotatable bonds is 0. The summed E-state index contributed by atoms with van der Waals surface area (Å²) in [5.74, 6) is 1.22. The minimum absolute atomic E-state index is 0.275. The van der Waals surface area contributed by atoms with Gasteiger partial charge in [0.2, 0.25) is 0 Å². The second-order valence-electron chi connectivity index (χ2n) is 4.00. The zero-order valence-electron chi connectivity index (χ0n) is 7.31. The highest BCUT2D eigenvalue weighted by molar-refractivity contribution is 5.96. The summed E-state index contributed by atoms with van der Waals surface area (Å²) in [7, 11) is 0. The first-order valence-electron chi connectivity index (χ1n) is 4.58. The Hall–Kier alpha value is -0.850. The third kappa shape index (κ3) is 1.04. The molecule has 0 heterocycles. The summed E-state index contributed by atoms with van der Waals surface area (Å²) in [6.07, 6.45) is 4.13. The fourth-order valence-electron chi connectivity index (χ4n) is 2.34. The number of hydrogen-bond acceptors (Lipinski definition) is 1. The van der Waals surface area contributed by atoms with Crippen LogP contribution < -0.4 is 0 Å². The van der Waals surface area contributed by atoms with Crippen molar-refractivity contribution in [2.45, 2.75) is 25.7 Å². The van der Waals surface area contributed by atoms with E-state index >= 15 is 0 Å². The fraction of sp³-hybridized carbons (Fsp3) is 0.545. The quantitative estimate of drug-likeness (QED) is 0.395. The number of allylic oxidation sites excluding steroid dienone is 2. The number of ketones is 1. The lowest BCUT2D eigenvalue weighted by molar-refractivity contribution is -0.118. The van der Waals surface area contributed by atoms with Crippen LogP contribution in [0.3, 0.4) is 0 Å². The van der Waals surface area contributed by atoms with Crippen LogP contribution in [-0.2, 0) is 4.79 Å². The molecule has 64 valence electrons. The first kappa shape index (κ1) is 7.78. The Labute approximate surface area is 73.2 Å². The van der Waals surface area contributed by atoms with E-state index in [-0.39, 0.29) is 5.78 Å². The minimum Gasteiger partial charge on any atom is -0.295 e. The Kier molecular flexibility index (Phi) is 1.67. The van der Waals surface area contributed by atoms with E-state index in [9.17, 15) is 4.79 Å². The molecule has 2 rings (SSSR count). The largest absolute Gasteiger partial charge is 0.295 e. The van der Waals surface area contributed by atoms with Crippen molar-refractivity contribution in [3.05, 3.63) is 24.3 Å². The monoisotopic (exact) mass is 162 g/mol. The standard InChI is InChI=1S/C11H14O/c1-7-3-4-9-5-10(7)8(2)11(12)6-9/h9-10H,1-6H2. The molecule has 2 aliphatic carbocycles. The van der Waals surface area contributed by atoms with Crippen LogP contribution in [0.4, 0.5) is 0 Å². The zero-order valence-corrected chi connectivity index (χ0v) is 7.31. The van der Waals surface area contributed by atoms with Crippen molar-refractivity contribution in [2.75, 3.05) is 0 Å². The lowest BCUT2D eigenvalue weighted by Gasteiger charge is -2.36. The fourth-order valence-corrected chi connectivity index (χ4v) is 2.34. The zero-order chi connectivity index (χ0) is 8.72. The van der Waals surface area contributed by atoms with E-state index in [4.69, 9.17) is 0 Å². The van der Waals surface area contributed by atoms with E-state index in [0.717, 1.165) is 31.3 Å². The molecule has 1 nitrogen and oxygen atoms in total. The average Bonchev–Trinajstić information content (AvgIpc) is 2.06. The highest BCUT2D eigenvalue weighted by Crippen LogP contribution is 2.42. The highest BCUT2D eigenvalue weighted by atomic mass is 16.1. The molecule has 0 spiro atoms. The second-order valence-corrected chi connectivity index (χ2v) is 4.00. The average molecular weight is 162 g/mol. The van der Waals surface area contributed by atoms with Crippen molar-refractivity contribution >= 4 is 5.78 Å². The molecular formula is C11H14O. The van der Waals surface area contributed by atoms with Gasteiger partial charge in [0, 0.05) is 12.3 Å². The van der Waals surface area contributed by atoms with Crippen LogP contribution in [0.1, 0.15) is 25.7 Å². The van der Waals surface area contributed by atoms with E-state index < -0.39 is 0 Å². The van der Waals surface area contributed by atoms with Crippen LogP contribution in [0, 0.1) is 11.8 Å². The second kappa shape index (κ2) is 2.58. The Balaban J connectivity index is 2.27. The van der Waals surface area contributed by atoms with E-state index in [1.807, 2.05) is 0 Å². The van der Waals surface area contributed by atoms with Crippen molar-refractivity contribution in [3.8, 4) is 0 Å². The van der Waals surface area contributed by atoms with Gasteiger partial charge in [0.25, 0.3) is 0 Å². The maximum atomic E-state index is 11.4. The van der Waals surface area contributed by atoms with Crippen LogP contribution in [0.5, 0.6) is 0 Å². The number of carbonyl (C=O) groups excluding carboxylic acids is 1. The van der Waals surface area contributed by atoms with Gasteiger partial charge in [0.1, 0.15) is 0 Å². The topological polar surface area (TPSA) is 17.1 Å². The van der Waals surface area contributed by atoms with Gasteiger partial charge in [-0.3, -0.25) is 4.79 Å². The third-order valence-corrected chi connectivity index (χ3v) is 3.19. The SMILES string of the molecule is C=C1CCC2CC(=O)C(=C)C1C2. The van der Waals surface area contributed by atoms with Crippen LogP contribution in [0.15, 0.2) is 24.3 Å². The molecule has 0 N–H and O–H groups in total. The number of hydrogen-bond donors (Lipinski definition) is 0. The first-order chi connectivity index (χ1) is 5.68. The summed E-state index contributed by atoms with van der Waals surface area (Å²) >= 11 is 0. The predicted molar refractivity (Wildman–Crippen MR) is 48.7 cm³/mol. The van der Waals surface area contributed by atoms with Crippen LogP contribution in [-0.4, -0.2) is 5.78 Å². The van der Waals surface area contributed by atoms with Gasteiger partial charge in [-0.2, -0.15) is 0 Å². The van der Waals surface area contributed by atoms with Crippen molar-refractivity contribution in [3.63, 3.8) is 0 Å². The molecule has 2 unspecified atom stereocenters. The van der Waals surface area contributed by atoms with Crippen LogP contribution >= 0.6 is 0 Å². The van der Waals surface area contributed by atoms with Gasteiger partial charge in [-0.1, -0.05) is 18.7 Å². The molecule has 1 heteroatoms. The summed E-state index contributed by atoms with van der Waals surface area (Å²) < 4.78 is 0. The van der Waals surface area contributed by atoms with E-state index in [1.165, 1.54) is 5.57 Å². The molecule has 0 aliphatic heterocycles. The molecule has 2 bridgehead atoms. The normalized spacial score (nSPS) is 35.5. The summed E-state index contributed by atoms with van der Waals surface area (Å²) in [6, 6.07) is 0. The molecule has 2 fully saturated rings. The summed E-state index contributed by atoms with van der Waals surface area (Å²) in [6.45, 7) is 7.86. The van der Waals surface area contributed by atoms with Gasteiger partial charge in [-0.05, 0) is 30.8 Å². The number of Topliss-reactive ketones (excluding diaryl/α,β-unsaturated/α-hetero) is 1. The van der Waals surface area contributed by atoms with Gasteiger partial charge < -0.3 is 0 Å². The molecule has 12 heavy (non-hydrogen) atoms. The lowest BCUT2D eigenvalue weighted by Crippen LogP contribution is -2.30. The molecule has 0 aromatic rings. The molecule has 0 aromatic heterocycles. The Morgan fingerprint density at radius 3 is 2.83 bits per heavy atom. The van der Waals surface area contributed by atoms with Crippen LogP contribution in [0.2, 0.25) is 0 Å². The minimum atomic E-state index is 0.275. The van der Waals surface area contributed by atoms with E-state index in [0.29, 0.717) is 11.8 Å². The van der Waals surface area contributed by atoms with E-state index in [2.05, 4.69) is 13.2 Å². The van der Waals surface area contributed by atoms with Crippen molar-refractivity contribution in [1.29, 1.82) is 0 Å². The molecular weight excluding hydrogens is 148 g/mol. The lowest BCUT2D eigenvalue weighted by atomic mass is 9.68. The third-order valence-electron chi connectivity index (χ3n) is 3.19. The number of fused-ring (bicyclic) bond motifs is 2. The van der Waals surface area contributed by atoms with Crippen molar-refractivity contribution in [1.82, 2.24) is 0 Å². The summed E-state index contributed by atoms with van der Waals surface area (Å²) in [4.78, 5) is 11.4. The molecule has 0 amide bonds. The smallest absolute Gasteiger partial charge is 0.159 e. The summed E-state index contributed by atoms with van der Waals surface area (Å²) in [5, 5.41) is 0. The van der Waals surface area contributed by atoms with Gasteiger partial charge in [0.05, 0.1) is 0 Å². The van der Waals surface area contributed by atoms with Gasteiger partial charge in [0.15, 0.2) is 5.78 Å². The molecule has 2 aliphatic rings. The molecule has 0 radical (unpaired) electrons. The van der Waals surface area contributed by atoms with E-state index in [1.54, 1.807) is 0 Å². The van der Waals surface area contributed by atoms with Gasteiger partial charge in [-0.25, -0.2) is 0 Å². The molecule has 2 saturated carbocycles. The van der Waals surface area contributed by atoms with Gasteiger partial charge >= 0.3 is 0 Å². The molecule has 0 aromatic carbocycles. The Bertz CT molecular complexity index is 262. The highest BCUT2D eigenvalue weighted by Gasteiger charge is 2.35. The van der Waals surface area contributed by atoms with Crippen LogP contribution in [0.25, 0.3) is 0 Å². The Morgan fingerprint density at radius 1 is 1.33 bits per heavy atom. The summed E-state index contributed by atoms with van der Waals surface area (Å²) in [5.41, 5.74) is 2.04.